The van der Waals surface area contributed by atoms with E-state index >= 15 is 0 Å². The Morgan fingerprint density at radius 3 is 1.51 bits per heavy atom. The Bertz CT molecular complexity index is 3860. The minimum atomic E-state index is -0.153. The van der Waals surface area contributed by atoms with Crippen molar-refractivity contribution < 1.29 is 23.4 Å². The van der Waals surface area contributed by atoms with Gasteiger partial charge in [-0.15, -0.1) is 0 Å². The third-order valence-electron chi connectivity index (χ3n) is 16.1. The Balaban J connectivity index is 1.07. The molecule has 14 rings (SSSR count). The van der Waals surface area contributed by atoms with Gasteiger partial charge >= 0.3 is 0 Å². The van der Waals surface area contributed by atoms with E-state index in [0.717, 1.165) is 107 Å². The monoisotopic (exact) mass is 1010 g/mol. The molecule has 0 saturated heterocycles. The Hall–Kier alpha value is -8.56. The fraction of sp³-hybridized carbons (Fsp3) is 0.206. The highest BCUT2D eigenvalue weighted by Crippen LogP contribution is 2.54. The molecule has 77 heavy (non-hydrogen) atoms. The number of rotatable bonds is 6. The number of nitrogens with zero attached hydrogens (tertiary/aromatic N) is 3. The Morgan fingerprint density at radius 1 is 0.403 bits per heavy atom. The summed E-state index contributed by atoms with van der Waals surface area (Å²) in [6.07, 6.45) is 0. The molecule has 4 aliphatic heterocycles. The van der Waals surface area contributed by atoms with Crippen molar-refractivity contribution in [3.8, 4) is 34.3 Å². The van der Waals surface area contributed by atoms with Gasteiger partial charge in [0.2, 0.25) is 13.6 Å². The smallest absolute Gasteiger partial charge is 0.252 e. The quantitative estimate of drug-likeness (QED) is 0.153. The summed E-state index contributed by atoms with van der Waals surface area (Å²) in [7, 11) is 0. The molecule has 0 fully saturated rings. The van der Waals surface area contributed by atoms with Gasteiger partial charge in [-0.25, -0.2) is 0 Å². The Morgan fingerprint density at radius 2 is 0.935 bits per heavy atom. The van der Waals surface area contributed by atoms with Crippen molar-refractivity contribution in [2.24, 2.45) is 0 Å². The second-order valence-electron chi connectivity index (χ2n) is 24.1. The van der Waals surface area contributed by atoms with E-state index in [-0.39, 0.29) is 36.5 Å². The molecule has 0 unspecified atom stereocenters. The zero-order chi connectivity index (χ0) is 52.7. The maximum Gasteiger partial charge on any atom is 0.252 e. The van der Waals surface area contributed by atoms with Crippen LogP contribution < -0.4 is 50.0 Å². The summed E-state index contributed by atoms with van der Waals surface area (Å²) in [5, 5.41) is 3.32. The zero-order valence-electron chi connectivity index (χ0n) is 45.1. The molecule has 0 aliphatic carbocycles. The number of benzene rings is 9. The lowest BCUT2D eigenvalue weighted by molar-refractivity contribution is 0.174. The molecule has 8 nitrogen and oxygen atoms in total. The molecule has 9 aromatic carbocycles. The largest absolute Gasteiger partial charge is 0.456 e. The predicted octanol–water partition coefficient (Wildman–Crippen LogP) is 16.2. The van der Waals surface area contributed by atoms with Crippen molar-refractivity contribution >= 4 is 96.0 Å². The van der Waals surface area contributed by atoms with Crippen LogP contribution in [0.25, 0.3) is 33.1 Å². The van der Waals surface area contributed by atoms with Crippen molar-refractivity contribution in [1.82, 2.24) is 0 Å². The van der Waals surface area contributed by atoms with Gasteiger partial charge < -0.3 is 38.1 Å². The number of fused-ring (bicyclic) bond motifs is 8. The van der Waals surface area contributed by atoms with Crippen molar-refractivity contribution in [2.75, 3.05) is 28.3 Å². The molecule has 4 aliphatic rings. The molecule has 0 atom stereocenters. The third-order valence-corrected chi connectivity index (χ3v) is 16.1. The summed E-state index contributed by atoms with van der Waals surface area (Å²) in [6.45, 7) is 20.8. The maximum atomic E-state index is 6.47. The highest BCUT2D eigenvalue weighted by Gasteiger charge is 2.46. The summed E-state index contributed by atoms with van der Waals surface area (Å²) in [6, 6.07) is 64.4. The van der Waals surface area contributed by atoms with Crippen LogP contribution in [0.3, 0.4) is 0 Å². The average Bonchev–Trinajstić information content (AvgIpc) is 4.35. The summed E-state index contributed by atoms with van der Waals surface area (Å²) < 4.78 is 31.6. The van der Waals surface area contributed by atoms with E-state index in [1.165, 1.54) is 33.1 Å². The van der Waals surface area contributed by atoms with Gasteiger partial charge in [0, 0.05) is 45.1 Å². The van der Waals surface area contributed by atoms with Gasteiger partial charge in [-0.2, -0.15) is 0 Å². The molecular formula is C68H60BN3O5. The summed E-state index contributed by atoms with van der Waals surface area (Å²) in [4.78, 5) is 7.28. The molecule has 0 saturated carbocycles. The van der Waals surface area contributed by atoms with Gasteiger partial charge in [0.15, 0.2) is 23.0 Å². The first kappa shape index (κ1) is 46.9. The molecule has 5 heterocycles. The minimum absolute atomic E-state index is 0.0419. The van der Waals surface area contributed by atoms with E-state index in [2.05, 4.69) is 223 Å². The maximum absolute atomic E-state index is 6.47. The molecule has 9 heteroatoms. The summed E-state index contributed by atoms with van der Waals surface area (Å²) in [5.74, 6) is 3.74. The van der Waals surface area contributed by atoms with Crippen LogP contribution in [-0.4, -0.2) is 20.3 Å². The molecule has 380 valence electrons. The molecule has 1 aromatic heterocycles. The number of ether oxygens (including phenoxy) is 4. The topological polar surface area (TPSA) is 59.8 Å². The van der Waals surface area contributed by atoms with Crippen LogP contribution >= 0.6 is 0 Å². The van der Waals surface area contributed by atoms with E-state index in [0.29, 0.717) is 0 Å². The lowest BCUT2D eigenvalue weighted by Crippen LogP contribution is -2.61. The standard InChI is InChI=1S/C68H60BN3O5/c1-66(2,3)45-23-28-48(29-24-45)70(49-27-22-41-32-44(21-20-42(41)33-49)62-34-43-14-10-11-17-59(43)77-62)50-37-57-63-58(38-50)72(56-16-13-19-61-65(56)76-40-74-61)54-31-26-47(68(7,8)9)36-52(54)69(63)51-35-46(67(4,5)6)25-30-53(51)71(57)55-15-12-18-60-64(55)75-39-73-60/h10-38H,39-40H2,1-9H3. The van der Waals surface area contributed by atoms with E-state index in [1.807, 2.05) is 30.3 Å². The van der Waals surface area contributed by atoms with Crippen molar-refractivity contribution in [3.05, 3.63) is 193 Å². The fourth-order valence-electron chi connectivity index (χ4n) is 12.0. The van der Waals surface area contributed by atoms with Crippen LogP contribution in [0.2, 0.25) is 0 Å². The Kier molecular flexibility index (Phi) is 10.3. The molecule has 10 aromatic rings. The number of hydrogen-bond acceptors (Lipinski definition) is 8. The third kappa shape index (κ3) is 7.64. The summed E-state index contributed by atoms with van der Waals surface area (Å²) >= 11 is 0. The second kappa shape index (κ2) is 17.0. The van der Waals surface area contributed by atoms with Gasteiger partial charge in [0.05, 0.1) is 17.1 Å². The number of anilines is 9. The van der Waals surface area contributed by atoms with Gasteiger partial charge in [-0.3, -0.25) is 0 Å². The molecular weight excluding hydrogens is 950 g/mol. The van der Waals surface area contributed by atoms with E-state index in [9.17, 15) is 0 Å². The van der Waals surface area contributed by atoms with Gasteiger partial charge in [-0.05, 0) is 151 Å². The summed E-state index contributed by atoms with van der Waals surface area (Å²) in [5.41, 5.74) is 18.2. The van der Waals surface area contributed by atoms with E-state index in [4.69, 9.17) is 23.4 Å². The van der Waals surface area contributed by atoms with E-state index < -0.39 is 0 Å². The first-order valence-corrected chi connectivity index (χ1v) is 26.8. The number of furan rings is 1. The van der Waals surface area contributed by atoms with Gasteiger partial charge in [0.1, 0.15) is 11.3 Å². The first-order valence-electron chi connectivity index (χ1n) is 26.8. The number of hydrogen-bond donors (Lipinski definition) is 0. The lowest BCUT2D eigenvalue weighted by Gasteiger charge is -2.45. The molecule has 0 amide bonds. The second-order valence-corrected chi connectivity index (χ2v) is 24.1. The van der Waals surface area contributed by atoms with Crippen LogP contribution in [0, 0.1) is 0 Å². The zero-order valence-corrected chi connectivity index (χ0v) is 45.1. The van der Waals surface area contributed by atoms with Gasteiger partial charge in [0.25, 0.3) is 6.71 Å². The van der Waals surface area contributed by atoms with Crippen molar-refractivity contribution in [2.45, 2.75) is 78.6 Å². The van der Waals surface area contributed by atoms with E-state index in [1.54, 1.807) is 0 Å². The first-order chi connectivity index (χ1) is 37.0. The highest BCUT2D eigenvalue weighted by atomic mass is 16.7. The molecule has 0 bridgehead atoms. The normalized spacial score (nSPS) is 14.3. The van der Waals surface area contributed by atoms with Crippen molar-refractivity contribution in [1.29, 1.82) is 0 Å². The van der Waals surface area contributed by atoms with Crippen LogP contribution in [-0.2, 0) is 16.2 Å². The van der Waals surface area contributed by atoms with Crippen molar-refractivity contribution in [3.63, 3.8) is 0 Å². The van der Waals surface area contributed by atoms with Crippen LogP contribution in [0.1, 0.15) is 79.0 Å². The Labute approximate surface area is 451 Å². The SMILES string of the molecule is CC(C)(C)c1ccc(N(c2cc3c4c(c2)N(c2cccc5c2OCO5)c2ccc(C(C)(C)C)cc2B4c2cc(C(C)(C)C)ccc2N3c2cccc3c2OCO3)c2ccc3cc(-c4cc5ccccc5o4)ccc3c2)cc1. The molecule has 0 N–H and O–H groups in total. The molecule has 0 spiro atoms. The fourth-order valence-corrected chi connectivity index (χ4v) is 12.0. The van der Waals surface area contributed by atoms with Gasteiger partial charge in [-0.1, -0.05) is 147 Å². The molecule has 0 radical (unpaired) electrons. The predicted molar refractivity (Wildman–Crippen MR) is 316 cm³/mol. The van der Waals surface area contributed by atoms with Crippen LogP contribution in [0.4, 0.5) is 51.2 Å². The van der Waals surface area contributed by atoms with Crippen LogP contribution in [0.5, 0.6) is 23.0 Å². The highest BCUT2D eigenvalue weighted by molar-refractivity contribution is 7.00. The average molecular weight is 1010 g/mol. The number of para-hydroxylation sites is 3. The minimum Gasteiger partial charge on any atom is -0.456 e. The lowest BCUT2D eigenvalue weighted by atomic mass is 9.33. The van der Waals surface area contributed by atoms with Crippen LogP contribution in [0.15, 0.2) is 180 Å².